The minimum absolute atomic E-state index is 0.0239. The standard InChI is InChI=1S/C31H36N4O5/c1-30(2,3)22-13-8-19(9-14-22)27(37)34-35(28(38)20-10-15-23(16-11-20)31(4,5)6)29(39)24-17-12-21(26(36)33-32)18-25(24)40-7/h8-18H,32H2,1-7H3,(H,33,36)(H,34,37). The number of carbonyl (C=O) groups is 4. The van der Waals surface area contributed by atoms with Crippen molar-refractivity contribution in [1.29, 1.82) is 0 Å². The Morgan fingerprint density at radius 1 is 0.675 bits per heavy atom. The maximum Gasteiger partial charge on any atom is 0.283 e. The summed E-state index contributed by atoms with van der Waals surface area (Å²) < 4.78 is 5.33. The predicted octanol–water partition coefficient (Wildman–Crippen LogP) is 4.52. The van der Waals surface area contributed by atoms with E-state index in [1.54, 1.807) is 24.3 Å². The predicted molar refractivity (Wildman–Crippen MR) is 153 cm³/mol. The van der Waals surface area contributed by atoms with Crippen LogP contribution in [0.5, 0.6) is 5.75 Å². The molecule has 9 nitrogen and oxygen atoms in total. The Bertz CT molecular complexity index is 1420. The monoisotopic (exact) mass is 544 g/mol. The fraction of sp³-hybridized carbons (Fsp3) is 0.290. The van der Waals surface area contributed by atoms with Crippen LogP contribution in [0.2, 0.25) is 0 Å². The number of amides is 4. The Hall–Kier alpha value is -4.50. The van der Waals surface area contributed by atoms with E-state index in [1.807, 2.05) is 50.5 Å². The molecule has 3 aromatic carbocycles. The molecule has 0 radical (unpaired) electrons. The zero-order valence-electron chi connectivity index (χ0n) is 23.9. The van der Waals surface area contributed by atoms with Crippen LogP contribution in [0, 0.1) is 0 Å². The Balaban J connectivity index is 2.02. The van der Waals surface area contributed by atoms with E-state index in [-0.39, 0.29) is 38.8 Å². The highest BCUT2D eigenvalue weighted by molar-refractivity contribution is 6.13. The summed E-state index contributed by atoms with van der Waals surface area (Å²) in [6.45, 7) is 12.3. The molecular formula is C31H36N4O5. The molecule has 0 unspecified atom stereocenters. The third-order valence-electron chi connectivity index (χ3n) is 6.46. The summed E-state index contributed by atoms with van der Waals surface area (Å²) in [6, 6.07) is 17.8. The van der Waals surface area contributed by atoms with Crippen molar-refractivity contribution >= 4 is 23.6 Å². The largest absolute Gasteiger partial charge is 0.496 e. The average Bonchev–Trinajstić information content (AvgIpc) is 2.93. The Labute approximate surface area is 234 Å². The van der Waals surface area contributed by atoms with Gasteiger partial charge in [-0.15, -0.1) is 0 Å². The van der Waals surface area contributed by atoms with Gasteiger partial charge >= 0.3 is 0 Å². The SMILES string of the molecule is COc1cc(C(=O)NN)ccc1C(=O)N(NC(=O)c1ccc(C(C)(C)C)cc1)C(=O)c1ccc(C(C)(C)C)cc1. The summed E-state index contributed by atoms with van der Waals surface area (Å²) in [5, 5.41) is 0.659. The second-order valence-corrected chi connectivity index (χ2v) is 11.4. The molecule has 40 heavy (non-hydrogen) atoms. The molecule has 0 saturated carbocycles. The van der Waals surface area contributed by atoms with E-state index in [0.29, 0.717) is 5.01 Å². The van der Waals surface area contributed by atoms with E-state index in [1.165, 1.54) is 25.3 Å². The van der Waals surface area contributed by atoms with Crippen LogP contribution in [0.1, 0.15) is 94.1 Å². The number of nitrogens with one attached hydrogen (secondary N) is 2. The Kier molecular flexibility index (Phi) is 8.80. The lowest BCUT2D eigenvalue weighted by Crippen LogP contribution is -2.50. The van der Waals surface area contributed by atoms with Crippen molar-refractivity contribution in [2.45, 2.75) is 52.4 Å². The minimum atomic E-state index is -0.846. The second kappa shape index (κ2) is 11.7. The van der Waals surface area contributed by atoms with E-state index in [4.69, 9.17) is 10.6 Å². The van der Waals surface area contributed by atoms with Crippen LogP contribution in [0.3, 0.4) is 0 Å². The van der Waals surface area contributed by atoms with Crippen LogP contribution in [-0.2, 0) is 10.8 Å². The van der Waals surface area contributed by atoms with E-state index in [0.717, 1.165) is 11.1 Å². The normalized spacial score (nSPS) is 11.4. The van der Waals surface area contributed by atoms with Crippen molar-refractivity contribution in [1.82, 2.24) is 15.9 Å². The number of nitrogens with two attached hydrogens (primary N) is 1. The van der Waals surface area contributed by atoms with Crippen LogP contribution in [0.15, 0.2) is 66.7 Å². The molecule has 3 aromatic rings. The fourth-order valence-electron chi connectivity index (χ4n) is 3.94. The molecule has 0 aliphatic rings. The summed E-state index contributed by atoms with van der Waals surface area (Å²) in [4.78, 5) is 52.6. The first kappa shape index (κ1) is 30.0. The first-order valence-electron chi connectivity index (χ1n) is 12.8. The molecule has 3 rings (SSSR count). The van der Waals surface area contributed by atoms with E-state index >= 15 is 0 Å². The first-order chi connectivity index (χ1) is 18.7. The van der Waals surface area contributed by atoms with Crippen LogP contribution in [0.4, 0.5) is 0 Å². The van der Waals surface area contributed by atoms with Gasteiger partial charge in [0.1, 0.15) is 5.75 Å². The first-order valence-corrected chi connectivity index (χ1v) is 12.8. The molecule has 0 fully saturated rings. The van der Waals surface area contributed by atoms with Gasteiger partial charge in [-0.3, -0.25) is 30.0 Å². The van der Waals surface area contributed by atoms with Crippen molar-refractivity contribution in [2.24, 2.45) is 5.84 Å². The minimum Gasteiger partial charge on any atom is -0.496 e. The molecule has 0 bridgehead atoms. The van der Waals surface area contributed by atoms with E-state index in [2.05, 4.69) is 26.2 Å². The number of ether oxygens (including phenoxy) is 1. The van der Waals surface area contributed by atoms with Crippen molar-refractivity contribution in [3.63, 3.8) is 0 Å². The maximum atomic E-state index is 13.8. The van der Waals surface area contributed by atoms with Crippen molar-refractivity contribution < 1.29 is 23.9 Å². The number of methoxy groups -OCH3 is 1. The summed E-state index contributed by atoms with van der Waals surface area (Å²) in [7, 11) is 1.32. The zero-order chi connectivity index (χ0) is 29.8. The maximum absolute atomic E-state index is 13.8. The van der Waals surface area contributed by atoms with Gasteiger partial charge < -0.3 is 4.74 Å². The molecule has 210 valence electrons. The molecule has 4 amide bonds. The number of hydrogen-bond donors (Lipinski definition) is 3. The van der Waals surface area contributed by atoms with Gasteiger partial charge in [0.25, 0.3) is 23.6 Å². The molecule has 0 aromatic heterocycles. The van der Waals surface area contributed by atoms with Crippen molar-refractivity contribution in [2.75, 3.05) is 7.11 Å². The number of nitrogens with zero attached hydrogens (tertiary/aromatic N) is 1. The lowest BCUT2D eigenvalue weighted by Gasteiger charge is -2.24. The molecular weight excluding hydrogens is 508 g/mol. The number of carbonyl (C=O) groups excluding carboxylic acids is 4. The van der Waals surface area contributed by atoms with Crippen molar-refractivity contribution in [3.8, 4) is 5.75 Å². The van der Waals surface area contributed by atoms with Gasteiger partial charge in [0.05, 0.1) is 12.7 Å². The molecule has 0 saturated heterocycles. The molecule has 0 aliphatic heterocycles. The van der Waals surface area contributed by atoms with Crippen LogP contribution in [0.25, 0.3) is 0 Å². The van der Waals surface area contributed by atoms with Gasteiger partial charge in [-0.1, -0.05) is 65.8 Å². The Morgan fingerprint density at radius 3 is 1.60 bits per heavy atom. The number of hydrazine groups is 2. The lowest BCUT2D eigenvalue weighted by atomic mass is 9.86. The summed E-state index contributed by atoms with van der Waals surface area (Å²) >= 11 is 0. The molecule has 0 spiro atoms. The number of nitrogen functional groups attached to an aromatic ring is 1. The van der Waals surface area contributed by atoms with Crippen LogP contribution < -0.4 is 21.4 Å². The summed E-state index contributed by atoms with van der Waals surface area (Å²) in [5.41, 5.74) is 6.83. The topological polar surface area (TPSA) is 131 Å². The third-order valence-corrected chi connectivity index (χ3v) is 6.46. The average molecular weight is 545 g/mol. The van der Waals surface area contributed by atoms with E-state index < -0.39 is 23.6 Å². The third kappa shape index (κ3) is 6.73. The second-order valence-electron chi connectivity index (χ2n) is 11.4. The van der Waals surface area contributed by atoms with Crippen LogP contribution in [-0.4, -0.2) is 35.7 Å². The van der Waals surface area contributed by atoms with Crippen LogP contribution >= 0.6 is 0 Å². The highest BCUT2D eigenvalue weighted by atomic mass is 16.5. The highest BCUT2D eigenvalue weighted by Crippen LogP contribution is 2.25. The number of rotatable bonds is 5. The highest BCUT2D eigenvalue weighted by Gasteiger charge is 2.30. The Morgan fingerprint density at radius 2 is 1.15 bits per heavy atom. The molecule has 0 atom stereocenters. The fourth-order valence-corrected chi connectivity index (χ4v) is 3.94. The molecule has 0 aliphatic carbocycles. The lowest BCUT2D eigenvalue weighted by molar-refractivity contribution is 0.0482. The summed E-state index contributed by atoms with van der Waals surface area (Å²) in [5.74, 6) is 2.42. The van der Waals surface area contributed by atoms with Gasteiger partial charge in [0, 0.05) is 16.7 Å². The summed E-state index contributed by atoms with van der Waals surface area (Å²) in [6.07, 6.45) is 0. The number of benzene rings is 3. The van der Waals surface area contributed by atoms with E-state index in [9.17, 15) is 19.2 Å². The zero-order valence-corrected chi connectivity index (χ0v) is 23.9. The molecule has 4 N–H and O–H groups in total. The van der Waals surface area contributed by atoms with Gasteiger partial charge in [0.15, 0.2) is 0 Å². The quantitative estimate of drug-likeness (QED) is 0.187. The van der Waals surface area contributed by atoms with Gasteiger partial charge in [0.2, 0.25) is 0 Å². The molecule has 9 heteroatoms. The van der Waals surface area contributed by atoms with Crippen molar-refractivity contribution in [3.05, 3.63) is 100 Å². The van der Waals surface area contributed by atoms with Gasteiger partial charge in [-0.25, -0.2) is 5.84 Å². The molecule has 0 heterocycles. The van der Waals surface area contributed by atoms with Gasteiger partial charge in [-0.05, 0) is 64.4 Å². The smallest absolute Gasteiger partial charge is 0.283 e. The number of hydrogen-bond acceptors (Lipinski definition) is 6. The number of imide groups is 1. The van der Waals surface area contributed by atoms with Gasteiger partial charge in [-0.2, -0.15) is 5.01 Å².